The minimum absolute atomic E-state index is 0. The van der Waals surface area contributed by atoms with Crippen molar-refractivity contribution in [3.63, 3.8) is 0 Å². The zero-order valence-corrected chi connectivity index (χ0v) is 11.6. The SMILES string of the molecule is CCCNCCNC(=O)c1c(F)c(F)cc(F)c1F.Cl. The van der Waals surface area contributed by atoms with Crippen LogP contribution in [-0.2, 0) is 0 Å². The Morgan fingerprint density at radius 2 is 1.60 bits per heavy atom. The molecule has 0 radical (unpaired) electrons. The molecule has 0 aliphatic carbocycles. The van der Waals surface area contributed by atoms with E-state index in [2.05, 4.69) is 10.6 Å². The highest BCUT2D eigenvalue weighted by atomic mass is 35.5. The van der Waals surface area contributed by atoms with Crippen LogP contribution in [0.1, 0.15) is 23.7 Å². The predicted molar refractivity (Wildman–Crippen MR) is 69.0 cm³/mol. The molecule has 0 unspecified atom stereocenters. The van der Waals surface area contributed by atoms with E-state index in [1.807, 2.05) is 6.92 Å². The Kier molecular flexibility index (Phi) is 8.17. The van der Waals surface area contributed by atoms with Crippen LogP contribution in [-0.4, -0.2) is 25.5 Å². The summed E-state index contributed by atoms with van der Waals surface area (Å²) in [6, 6.07) is 0.0598. The fourth-order valence-electron chi connectivity index (χ4n) is 1.43. The van der Waals surface area contributed by atoms with Crippen molar-refractivity contribution >= 4 is 18.3 Å². The van der Waals surface area contributed by atoms with Gasteiger partial charge in [0.05, 0.1) is 0 Å². The summed E-state index contributed by atoms with van der Waals surface area (Å²) in [4.78, 5) is 11.5. The van der Waals surface area contributed by atoms with Gasteiger partial charge in [-0.25, -0.2) is 17.6 Å². The van der Waals surface area contributed by atoms with Gasteiger partial charge >= 0.3 is 0 Å². The number of carbonyl (C=O) groups is 1. The van der Waals surface area contributed by atoms with E-state index in [-0.39, 0.29) is 25.0 Å². The lowest BCUT2D eigenvalue weighted by atomic mass is 10.1. The van der Waals surface area contributed by atoms with Gasteiger partial charge in [0.15, 0.2) is 23.3 Å². The number of amides is 1. The Morgan fingerprint density at radius 1 is 1.05 bits per heavy atom. The minimum atomic E-state index is -1.70. The maximum Gasteiger partial charge on any atom is 0.257 e. The summed E-state index contributed by atoms with van der Waals surface area (Å²) in [5.74, 6) is -7.79. The Morgan fingerprint density at radius 3 is 2.10 bits per heavy atom. The molecule has 0 aromatic heterocycles. The van der Waals surface area contributed by atoms with Crippen LogP contribution < -0.4 is 10.6 Å². The molecule has 0 heterocycles. The first-order valence-electron chi connectivity index (χ1n) is 5.81. The normalized spacial score (nSPS) is 10.1. The predicted octanol–water partition coefficient (Wildman–Crippen LogP) is 2.39. The van der Waals surface area contributed by atoms with Crippen molar-refractivity contribution in [1.82, 2.24) is 10.6 Å². The third-order valence-electron chi connectivity index (χ3n) is 2.35. The molecule has 1 aromatic carbocycles. The summed E-state index contributed by atoms with van der Waals surface area (Å²) in [6.07, 6.45) is 0.895. The lowest BCUT2D eigenvalue weighted by Gasteiger charge is -2.08. The smallest absolute Gasteiger partial charge is 0.257 e. The second kappa shape index (κ2) is 8.76. The first kappa shape index (κ1) is 18.7. The highest BCUT2D eigenvalue weighted by molar-refractivity contribution is 5.94. The largest absolute Gasteiger partial charge is 0.351 e. The maximum absolute atomic E-state index is 13.3. The van der Waals surface area contributed by atoms with E-state index in [1.54, 1.807) is 0 Å². The fraction of sp³-hybridized carbons (Fsp3) is 0.417. The van der Waals surface area contributed by atoms with Crippen LogP contribution >= 0.6 is 12.4 Å². The molecule has 0 aliphatic rings. The summed E-state index contributed by atoms with van der Waals surface area (Å²) in [7, 11) is 0. The van der Waals surface area contributed by atoms with E-state index in [9.17, 15) is 22.4 Å². The molecule has 114 valence electrons. The van der Waals surface area contributed by atoms with Crippen LogP contribution in [0.15, 0.2) is 6.07 Å². The first-order chi connectivity index (χ1) is 8.99. The molecule has 8 heteroatoms. The van der Waals surface area contributed by atoms with Gasteiger partial charge in [-0.3, -0.25) is 4.79 Å². The summed E-state index contributed by atoms with van der Waals surface area (Å²) >= 11 is 0. The van der Waals surface area contributed by atoms with Gasteiger partial charge in [-0.15, -0.1) is 12.4 Å². The lowest BCUT2D eigenvalue weighted by Crippen LogP contribution is -2.33. The molecule has 0 atom stereocenters. The average molecular weight is 315 g/mol. The van der Waals surface area contributed by atoms with E-state index in [1.165, 1.54) is 0 Å². The highest BCUT2D eigenvalue weighted by Gasteiger charge is 2.24. The van der Waals surface area contributed by atoms with Gasteiger partial charge in [0, 0.05) is 19.2 Å². The Bertz CT molecular complexity index is 445. The number of carbonyl (C=O) groups excluding carboxylic acids is 1. The summed E-state index contributed by atoms with van der Waals surface area (Å²) in [6.45, 7) is 3.16. The molecule has 0 aliphatic heterocycles. The van der Waals surface area contributed by atoms with Crippen LogP contribution in [0.4, 0.5) is 17.6 Å². The Balaban J connectivity index is 0.00000361. The van der Waals surface area contributed by atoms with Gasteiger partial charge in [-0.2, -0.15) is 0 Å². The van der Waals surface area contributed by atoms with Gasteiger partial charge in [-0.1, -0.05) is 6.92 Å². The number of halogens is 5. The van der Waals surface area contributed by atoms with Gasteiger partial charge < -0.3 is 10.6 Å². The molecule has 1 rings (SSSR count). The number of hydrogen-bond acceptors (Lipinski definition) is 2. The number of nitrogens with one attached hydrogen (secondary N) is 2. The van der Waals surface area contributed by atoms with Gasteiger partial charge in [0.25, 0.3) is 5.91 Å². The number of hydrogen-bond donors (Lipinski definition) is 2. The Labute approximate surface area is 120 Å². The van der Waals surface area contributed by atoms with Crippen molar-refractivity contribution < 1.29 is 22.4 Å². The zero-order chi connectivity index (χ0) is 14.4. The van der Waals surface area contributed by atoms with Gasteiger partial charge in [-0.05, 0) is 13.0 Å². The van der Waals surface area contributed by atoms with E-state index in [0.717, 1.165) is 13.0 Å². The molecular weight excluding hydrogens is 300 g/mol. The van der Waals surface area contributed by atoms with Crippen LogP contribution in [0.2, 0.25) is 0 Å². The zero-order valence-electron chi connectivity index (χ0n) is 10.7. The molecule has 0 saturated carbocycles. The van der Waals surface area contributed by atoms with Crippen molar-refractivity contribution in [2.24, 2.45) is 0 Å². The monoisotopic (exact) mass is 314 g/mol. The van der Waals surface area contributed by atoms with Crippen LogP contribution in [0.25, 0.3) is 0 Å². The fourth-order valence-corrected chi connectivity index (χ4v) is 1.43. The van der Waals surface area contributed by atoms with E-state index >= 15 is 0 Å². The maximum atomic E-state index is 13.3. The minimum Gasteiger partial charge on any atom is -0.351 e. The second-order valence-electron chi connectivity index (χ2n) is 3.85. The van der Waals surface area contributed by atoms with Gasteiger partial charge in [0.1, 0.15) is 5.56 Å². The second-order valence-corrected chi connectivity index (χ2v) is 3.85. The first-order valence-corrected chi connectivity index (χ1v) is 5.81. The van der Waals surface area contributed by atoms with Crippen molar-refractivity contribution in [2.75, 3.05) is 19.6 Å². The third kappa shape index (κ3) is 4.64. The lowest BCUT2D eigenvalue weighted by molar-refractivity contribution is 0.0943. The van der Waals surface area contributed by atoms with Gasteiger partial charge in [0.2, 0.25) is 0 Å². The molecule has 0 fully saturated rings. The highest BCUT2D eigenvalue weighted by Crippen LogP contribution is 2.18. The molecular formula is C12H15ClF4N2O. The summed E-state index contributed by atoms with van der Waals surface area (Å²) in [5.41, 5.74) is -1.24. The van der Waals surface area contributed by atoms with Crippen molar-refractivity contribution in [3.05, 3.63) is 34.9 Å². The van der Waals surface area contributed by atoms with Crippen molar-refractivity contribution in [3.8, 4) is 0 Å². The van der Waals surface area contributed by atoms with Crippen LogP contribution in [0, 0.1) is 23.3 Å². The average Bonchev–Trinajstić information content (AvgIpc) is 2.36. The molecule has 0 spiro atoms. The van der Waals surface area contributed by atoms with Crippen molar-refractivity contribution in [1.29, 1.82) is 0 Å². The van der Waals surface area contributed by atoms with Crippen LogP contribution in [0.5, 0.6) is 0 Å². The van der Waals surface area contributed by atoms with E-state index < -0.39 is 34.7 Å². The summed E-state index contributed by atoms with van der Waals surface area (Å²) < 4.78 is 52.3. The van der Waals surface area contributed by atoms with Crippen molar-refractivity contribution in [2.45, 2.75) is 13.3 Å². The van der Waals surface area contributed by atoms with E-state index in [0.29, 0.717) is 6.54 Å². The Hall–Kier alpha value is -1.34. The number of rotatable bonds is 6. The molecule has 0 bridgehead atoms. The standard InChI is InChI=1S/C12H14F4N2O.ClH/c1-2-3-17-4-5-18-12(19)9-10(15)7(13)6-8(14)11(9)16;/h6,17H,2-5H2,1H3,(H,18,19);1H. The summed E-state index contributed by atoms with van der Waals surface area (Å²) in [5, 5.41) is 5.12. The molecule has 1 aromatic rings. The third-order valence-corrected chi connectivity index (χ3v) is 2.35. The quantitative estimate of drug-likeness (QED) is 0.481. The molecule has 0 saturated heterocycles. The molecule has 1 amide bonds. The van der Waals surface area contributed by atoms with Crippen LogP contribution in [0.3, 0.4) is 0 Å². The number of benzene rings is 1. The van der Waals surface area contributed by atoms with E-state index in [4.69, 9.17) is 0 Å². The topological polar surface area (TPSA) is 41.1 Å². The molecule has 3 nitrogen and oxygen atoms in total. The molecule has 2 N–H and O–H groups in total. The molecule has 20 heavy (non-hydrogen) atoms.